The van der Waals surface area contributed by atoms with Crippen molar-refractivity contribution in [2.75, 3.05) is 11.9 Å². The average Bonchev–Trinajstić information content (AvgIpc) is 2.96. The third-order valence-corrected chi connectivity index (χ3v) is 3.65. The molecule has 0 spiro atoms. The van der Waals surface area contributed by atoms with Gasteiger partial charge in [0.25, 0.3) is 5.91 Å². The third kappa shape index (κ3) is 3.49. The molecular formula is C16H21N5O2. The fourth-order valence-electron chi connectivity index (χ4n) is 2.49. The van der Waals surface area contributed by atoms with Gasteiger partial charge in [0.15, 0.2) is 0 Å². The molecule has 2 aromatic heterocycles. The van der Waals surface area contributed by atoms with Crippen LogP contribution in [-0.4, -0.2) is 32.3 Å². The third-order valence-electron chi connectivity index (χ3n) is 3.65. The minimum atomic E-state index is -0.280. The predicted octanol–water partition coefficient (Wildman–Crippen LogP) is 2.30. The summed E-state index contributed by atoms with van der Waals surface area (Å²) in [7, 11) is 0. The Balaban J connectivity index is 1.77. The first-order chi connectivity index (χ1) is 11.1. The van der Waals surface area contributed by atoms with E-state index in [1.165, 1.54) is 0 Å². The van der Waals surface area contributed by atoms with Crippen LogP contribution in [0.1, 0.15) is 42.9 Å². The van der Waals surface area contributed by atoms with Crippen LogP contribution in [0.5, 0.6) is 5.88 Å². The molecule has 7 nitrogen and oxygen atoms in total. The van der Waals surface area contributed by atoms with E-state index in [-0.39, 0.29) is 5.91 Å². The molecular weight excluding hydrogens is 294 g/mol. The molecule has 0 aliphatic carbocycles. The summed E-state index contributed by atoms with van der Waals surface area (Å²) < 4.78 is 7.60. The number of aromatic nitrogens is 4. The summed E-state index contributed by atoms with van der Waals surface area (Å²) in [5.74, 6) is 1.84. The van der Waals surface area contributed by atoms with E-state index < -0.39 is 0 Å². The van der Waals surface area contributed by atoms with Gasteiger partial charge in [0, 0.05) is 19.2 Å². The normalized spacial score (nSPS) is 13.7. The van der Waals surface area contributed by atoms with Crippen molar-refractivity contribution in [2.24, 2.45) is 5.92 Å². The van der Waals surface area contributed by atoms with Crippen LogP contribution < -0.4 is 10.1 Å². The molecule has 0 atom stereocenters. The van der Waals surface area contributed by atoms with Crippen molar-refractivity contribution in [3.63, 3.8) is 0 Å². The molecule has 23 heavy (non-hydrogen) atoms. The van der Waals surface area contributed by atoms with Crippen LogP contribution in [0.4, 0.5) is 5.95 Å². The number of hydrogen-bond donors (Lipinski definition) is 1. The lowest BCUT2D eigenvalue weighted by Gasteiger charge is -2.15. The Labute approximate surface area is 135 Å². The first-order valence-electron chi connectivity index (χ1n) is 7.96. The minimum absolute atomic E-state index is 0.280. The first-order valence-corrected chi connectivity index (χ1v) is 7.96. The van der Waals surface area contributed by atoms with Crippen LogP contribution in [0.2, 0.25) is 0 Å². The maximum Gasteiger partial charge on any atom is 0.263 e. The molecule has 0 unspecified atom stereocenters. The number of hydrogen-bond acceptors (Lipinski definition) is 5. The van der Waals surface area contributed by atoms with Crippen molar-refractivity contribution in [3.8, 4) is 5.88 Å². The standard InChI is InChI=1S/C16H21N5O2/c1-11(2)10-23-15-12(6-5-8-17-15)14(22)18-16-20-19-13-7-3-4-9-21(13)16/h5-6,8,11H,3-4,7,9-10H2,1-2H3,(H,18,20,22). The fourth-order valence-corrected chi connectivity index (χ4v) is 2.49. The van der Waals surface area contributed by atoms with E-state index in [0.717, 1.165) is 31.6 Å². The maximum absolute atomic E-state index is 12.6. The van der Waals surface area contributed by atoms with Gasteiger partial charge in [-0.15, -0.1) is 10.2 Å². The van der Waals surface area contributed by atoms with E-state index >= 15 is 0 Å². The molecule has 0 radical (unpaired) electrons. The zero-order chi connectivity index (χ0) is 16.2. The van der Waals surface area contributed by atoms with Gasteiger partial charge in [-0.25, -0.2) is 4.98 Å². The molecule has 2 aromatic rings. The number of aryl methyl sites for hydroxylation is 1. The van der Waals surface area contributed by atoms with Crippen LogP contribution in [0.25, 0.3) is 0 Å². The topological polar surface area (TPSA) is 81.9 Å². The summed E-state index contributed by atoms with van der Waals surface area (Å²) in [6, 6.07) is 3.42. The highest BCUT2D eigenvalue weighted by Crippen LogP contribution is 2.20. The highest BCUT2D eigenvalue weighted by Gasteiger charge is 2.20. The molecule has 1 amide bonds. The second-order valence-corrected chi connectivity index (χ2v) is 6.06. The number of pyridine rings is 1. The number of ether oxygens (including phenoxy) is 1. The second-order valence-electron chi connectivity index (χ2n) is 6.06. The summed E-state index contributed by atoms with van der Waals surface area (Å²) in [6.07, 6.45) is 4.70. The Kier molecular flexibility index (Phi) is 4.55. The smallest absolute Gasteiger partial charge is 0.263 e. The predicted molar refractivity (Wildman–Crippen MR) is 85.5 cm³/mol. The van der Waals surface area contributed by atoms with Crippen molar-refractivity contribution in [3.05, 3.63) is 29.7 Å². The van der Waals surface area contributed by atoms with Gasteiger partial charge in [0.05, 0.1) is 6.61 Å². The van der Waals surface area contributed by atoms with E-state index in [4.69, 9.17) is 4.74 Å². The second kappa shape index (κ2) is 6.76. The quantitative estimate of drug-likeness (QED) is 0.915. The lowest BCUT2D eigenvalue weighted by molar-refractivity contribution is 0.101. The minimum Gasteiger partial charge on any atom is -0.477 e. The average molecular weight is 315 g/mol. The maximum atomic E-state index is 12.6. The molecule has 122 valence electrons. The van der Waals surface area contributed by atoms with E-state index in [2.05, 4.69) is 20.5 Å². The van der Waals surface area contributed by atoms with Crippen LogP contribution in [0, 0.1) is 5.92 Å². The highest BCUT2D eigenvalue weighted by atomic mass is 16.5. The molecule has 0 saturated carbocycles. The monoisotopic (exact) mass is 315 g/mol. The Hall–Kier alpha value is -2.44. The summed E-state index contributed by atoms with van der Waals surface area (Å²) in [5, 5.41) is 11.0. The highest BCUT2D eigenvalue weighted by molar-refractivity contribution is 6.05. The molecule has 0 saturated heterocycles. The Morgan fingerprint density at radius 3 is 3.09 bits per heavy atom. The number of nitrogens with one attached hydrogen (secondary N) is 1. The van der Waals surface area contributed by atoms with E-state index in [1.807, 2.05) is 18.4 Å². The van der Waals surface area contributed by atoms with Crippen molar-refractivity contribution in [1.29, 1.82) is 0 Å². The lowest BCUT2D eigenvalue weighted by Crippen LogP contribution is -2.20. The van der Waals surface area contributed by atoms with Crippen molar-refractivity contribution in [1.82, 2.24) is 19.7 Å². The molecule has 1 aliphatic heterocycles. The van der Waals surface area contributed by atoms with Gasteiger partial charge in [0.2, 0.25) is 11.8 Å². The molecule has 0 fully saturated rings. The summed E-state index contributed by atoms with van der Waals surface area (Å²) in [4.78, 5) is 16.7. The van der Waals surface area contributed by atoms with Gasteiger partial charge < -0.3 is 4.74 Å². The van der Waals surface area contributed by atoms with Gasteiger partial charge in [-0.2, -0.15) is 0 Å². The van der Waals surface area contributed by atoms with Crippen LogP contribution in [0.3, 0.4) is 0 Å². The molecule has 3 heterocycles. The Morgan fingerprint density at radius 1 is 1.39 bits per heavy atom. The molecule has 3 rings (SSSR count). The Morgan fingerprint density at radius 2 is 2.26 bits per heavy atom. The van der Waals surface area contributed by atoms with Gasteiger partial charge >= 0.3 is 0 Å². The number of fused-ring (bicyclic) bond motifs is 1. The largest absolute Gasteiger partial charge is 0.477 e. The van der Waals surface area contributed by atoms with Gasteiger partial charge in [0.1, 0.15) is 11.4 Å². The van der Waals surface area contributed by atoms with E-state index in [0.29, 0.717) is 29.9 Å². The number of carbonyl (C=O) groups is 1. The molecule has 1 N–H and O–H groups in total. The van der Waals surface area contributed by atoms with Crippen LogP contribution in [0.15, 0.2) is 18.3 Å². The van der Waals surface area contributed by atoms with Gasteiger partial charge in [-0.3, -0.25) is 14.7 Å². The first kappa shape index (κ1) is 15.5. The number of carbonyl (C=O) groups excluding carboxylic acids is 1. The molecule has 1 aliphatic rings. The lowest BCUT2D eigenvalue weighted by atomic mass is 10.2. The van der Waals surface area contributed by atoms with Crippen molar-refractivity contribution >= 4 is 11.9 Å². The summed E-state index contributed by atoms with van der Waals surface area (Å²) in [5.41, 5.74) is 0.404. The zero-order valence-electron chi connectivity index (χ0n) is 13.5. The van der Waals surface area contributed by atoms with Crippen molar-refractivity contribution in [2.45, 2.75) is 39.7 Å². The number of anilines is 1. The van der Waals surface area contributed by atoms with Crippen LogP contribution in [-0.2, 0) is 13.0 Å². The molecule has 0 bridgehead atoms. The fraction of sp³-hybridized carbons (Fsp3) is 0.500. The summed E-state index contributed by atoms with van der Waals surface area (Å²) >= 11 is 0. The molecule has 7 heteroatoms. The van der Waals surface area contributed by atoms with Gasteiger partial charge in [-0.1, -0.05) is 13.8 Å². The van der Waals surface area contributed by atoms with E-state index in [1.54, 1.807) is 18.3 Å². The Bertz CT molecular complexity index is 696. The number of nitrogens with zero attached hydrogens (tertiary/aromatic N) is 4. The number of rotatable bonds is 5. The number of amides is 1. The summed E-state index contributed by atoms with van der Waals surface area (Å²) in [6.45, 7) is 5.44. The van der Waals surface area contributed by atoms with E-state index in [9.17, 15) is 4.79 Å². The van der Waals surface area contributed by atoms with Gasteiger partial charge in [-0.05, 0) is 30.9 Å². The molecule has 0 aromatic carbocycles. The zero-order valence-corrected chi connectivity index (χ0v) is 13.5. The van der Waals surface area contributed by atoms with Crippen LogP contribution >= 0.6 is 0 Å². The van der Waals surface area contributed by atoms with Crippen molar-refractivity contribution < 1.29 is 9.53 Å². The SMILES string of the molecule is CC(C)COc1ncccc1C(=O)Nc1nnc2n1CCCC2.